The van der Waals surface area contributed by atoms with Gasteiger partial charge in [-0.3, -0.25) is 9.69 Å². The lowest BCUT2D eigenvalue weighted by Crippen LogP contribution is -2.37. The average molecular weight is 344 g/mol. The number of nitrogens with zero attached hydrogens (tertiary/aromatic N) is 1. The Morgan fingerprint density at radius 1 is 1.25 bits per heavy atom. The van der Waals surface area contributed by atoms with Crippen LogP contribution in [0.4, 0.5) is 0 Å². The first-order valence-corrected chi connectivity index (χ1v) is 9.36. The van der Waals surface area contributed by atoms with Crippen LogP contribution in [0.2, 0.25) is 0 Å². The van der Waals surface area contributed by atoms with Crippen molar-refractivity contribution < 1.29 is 9.53 Å². The van der Waals surface area contributed by atoms with Gasteiger partial charge in [0, 0.05) is 6.54 Å². The van der Waals surface area contributed by atoms with Gasteiger partial charge in [0.15, 0.2) is 0 Å². The van der Waals surface area contributed by atoms with Crippen LogP contribution in [0.25, 0.3) is 0 Å². The minimum Gasteiger partial charge on any atom is -0.497 e. The Morgan fingerprint density at radius 3 is 2.62 bits per heavy atom. The molecule has 0 spiro atoms. The molecular weight excluding hydrogens is 320 g/mol. The number of benzene rings is 1. The van der Waals surface area contributed by atoms with E-state index in [1.54, 1.807) is 18.4 Å². The van der Waals surface area contributed by atoms with Gasteiger partial charge in [0.1, 0.15) is 5.75 Å². The summed E-state index contributed by atoms with van der Waals surface area (Å²) in [5.41, 5.74) is 2.31. The van der Waals surface area contributed by atoms with Crippen molar-refractivity contribution in [3.8, 4) is 5.75 Å². The molecule has 2 aromatic rings. The predicted octanol–water partition coefficient (Wildman–Crippen LogP) is 3.25. The quantitative estimate of drug-likeness (QED) is 0.838. The topological polar surface area (TPSA) is 41.6 Å². The Bertz CT molecular complexity index is 634. The molecule has 0 radical (unpaired) electrons. The molecular formula is C19H24N2O2S. The second kappa shape index (κ2) is 8.31. The molecule has 5 heteroatoms. The first-order valence-electron chi connectivity index (χ1n) is 8.42. The van der Waals surface area contributed by atoms with Gasteiger partial charge in [0.2, 0.25) is 5.91 Å². The molecule has 1 aliphatic rings. The van der Waals surface area contributed by atoms with Crippen molar-refractivity contribution in [2.45, 2.75) is 25.3 Å². The maximum Gasteiger partial charge on any atom is 0.224 e. The van der Waals surface area contributed by atoms with E-state index in [2.05, 4.69) is 22.3 Å². The highest BCUT2D eigenvalue weighted by Gasteiger charge is 2.24. The highest BCUT2D eigenvalue weighted by atomic mass is 32.1. The molecule has 1 amide bonds. The minimum absolute atomic E-state index is 0.0890. The van der Waals surface area contributed by atoms with Crippen LogP contribution in [0.15, 0.2) is 41.1 Å². The van der Waals surface area contributed by atoms with E-state index in [1.807, 2.05) is 29.0 Å². The minimum atomic E-state index is 0.0890. The van der Waals surface area contributed by atoms with Crippen molar-refractivity contribution in [3.63, 3.8) is 0 Å². The van der Waals surface area contributed by atoms with Gasteiger partial charge in [-0.2, -0.15) is 11.3 Å². The van der Waals surface area contributed by atoms with E-state index in [-0.39, 0.29) is 11.9 Å². The second-order valence-corrected chi connectivity index (χ2v) is 6.92. The molecule has 1 aromatic carbocycles. The van der Waals surface area contributed by atoms with Crippen molar-refractivity contribution in [2.24, 2.45) is 0 Å². The molecule has 1 aliphatic heterocycles. The number of likely N-dealkylation sites (tertiary alicyclic amines) is 1. The summed E-state index contributed by atoms with van der Waals surface area (Å²) in [5.74, 6) is 0.950. The summed E-state index contributed by atoms with van der Waals surface area (Å²) in [4.78, 5) is 14.7. The maximum absolute atomic E-state index is 12.2. The van der Waals surface area contributed by atoms with Crippen LogP contribution in [-0.4, -0.2) is 37.6 Å². The van der Waals surface area contributed by atoms with Crippen LogP contribution >= 0.6 is 11.3 Å². The molecule has 1 N–H and O–H groups in total. The number of amides is 1. The zero-order valence-electron chi connectivity index (χ0n) is 14.0. The number of carbonyl (C=O) groups excluding carboxylic acids is 1. The number of rotatable bonds is 7. The Hall–Kier alpha value is -1.85. The normalized spacial score (nSPS) is 16.0. The number of hydrogen-bond donors (Lipinski definition) is 1. The molecule has 1 fully saturated rings. The van der Waals surface area contributed by atoms with Gasteiger partial charge in [0.25, 0.3) is 0 Å². The molecule has 24 heavy (non-hydrogen) atoms. The molecule has 4 nitrogen and oxygen atoms in total. The highest BCUT2D eigenvalue weighted by molar-refractivity contribution is 7.07. The van der Waals surface area contributed by atoms with Crippen LogP contribution in [0.1, 0.15) is 30.0 Å². The summed E-state index contributed by atoms with van der Waals surface area (Å²) in [6.45, 7) is 2.84. The van der Waals surface area contributed by atoms with E-state index in [0.29, 0.717) is 13.0 Å². The number of methoxy groups -OCH3 is 1. The Kier molecular flexibility index (Phi) is 5.88. The zero-order chi connectivity index (χ0) is 16.8. The molecule has 1 aromatic heterocycles. The summed E-state index contributed by atoms with van der Waals surface area (Å²) >= 11 is 1.63. The molecule has 1 atom stereocenters. The molecule has 1 unspecified atom stereocenters. The van der Waals surface area contributed by atoms with Gasteiger partial charge in [-0.15, -0.1) is 0 Å². The zero-order valence-corrected chi connectivity index (χ0v) is 14.8. The molecule has 0 saturated carbocycles. The molecule has 1 saturated heterocycles. The maximum atomic E-state index is 12.2. The van der Waals surface area contributed by atoms with Gasteiger partial charge in [0.05, 0.1) is 19.6 Å². The molecule has 3 rings (SSSR count). The van der Waals surface area contributed by atoms with Crippen molar-refractivity contribution in [1.29, 1.82) is 0 Å². The SMILES string of the molecule is COc1ccc(C(CNC(=O)Cc2ccsc2)N2CCCC2)cc1. The van der Waals surface area contributed by atoms with Crippen molar-refractivity contribution in [2.75, 3.05) is 26.7 Å². The standard InChI is InChI=1S/C19H24N2O2S/c1-23-17-6-4-16(5-7-17)18(21-9-2-3-10-21)13-20-19(22)12-15-8-11-24-14-15/h4-8,11,14,18H,2-3,9-10,12-13H2,1H3,(H,20,22). The van der Waals surface area contributed by atoms with Gasteiger partial charge >= 0.3 is 0 Å². The third-order valence-corrected chi connectivity index (χ3v) is 5.25. The summed E-state index contributed by atoms with van der Waals surface area (Å²) in [7, 11) is 1.68. The predicted molar refractivity (Wildman–Crippen MR) is 97.6 cm³/mol. The Balaban J connectivity index is 1.64. The second-order valence-electron chi connectivity index (χ2n) is 6.14. The van der Waals surface area contributed by atoms with Gasteiger partial charge < -0.3 is 10.1 Å². The van der Waals surface area contributed by atoms with E-state index in [0.717, 1.165) is 24.4 Å². The lowest BCUT2D eigenvalue weighted by atomic mass is 10.0. The Labute approximate surface area is 147 Å². The van der Waals surface area contributed by atoms with Gasteiger partial charge in [-0.1, -0.05) is 12.1 Å². The number of ether oxygens (including phenoxy) is 1. The first kappa shape index (κ1) is 17.0. The average Bonchev–Trinajstić information content (AvgIpc) is 3.30. The lowest BCUT2D eigenvalue weighted by molar-refractivity contribution is -0.120. The number of hydrogen-bond acceptors (Lipinski definition) is 4. The van der Waals surface area contributed by atoms with Crippen LogP contribution in [0.5, 0.6) is 5.75 Å². The van der Waals surface area contributed by atoms with Crippen LogP contribution in [0.3, 0.4) is 0 Å². The lowest BCUT2D eigenvalue weighted by Gasteiger charge is -2.28. The van der Waals surface area contributed by atoms with Crippen LogP contribution in [0, 0.1) is 0 Å². The summed E-state index contributed by atoms with van der Waals surface area (Å²) in [6, 6.07) is 10.4. The molecule has 2 heterocycles. The first-order chi connectivity index (χ1) is 11.8. The van der Waals surface area contributed by atoms with E-state index < -0.39 is 0 Å². The van der Waals surface area contributed by atoms with Crippen LogP contribution < -0.4 is 10.1 Å². The number of carbonyl (C=O) groups is 1. The number of thiophene rings is 1. The van der Waals surface area contributed by atoms with Crippen molar-refractivity contribution in [1.82, 2.24) is 10.2 Å². The molecule has 0 bridgehead atoms. The third kappa shape index (κ3) is 4.36. The van der Waals surface area contributed by atoms with Crippen molar-refractivity contribution >= 4 is 17.2 Å². The fourth-order valence-corrected chi connectivity index (χ4v) is 3.86. The van der Waals surface area contributed by atoms with E-state index in [4.69, 9.17) is 4.74 Å². The summed E-state index contributed by atoms with van der Waals surface area (Å²) < 4.78 is 5.25. The highest BCUT2D eigenvalue weighted by Crippen LogP contribution is 2.26. The fraction of sp³-hybridized carbons (Fsp3) is 0.421. The molecule has 0 aliphatic carbocycles. The monoisotopic (exact) mass is 344 g/mol. The fourth-order valence-electron chi connectivity index (χ4n) is 3.19. The summed E-state index contributed by atoms with van der Waals surface area (Å²) in [5, 5.41) is 7.15. The molecule has 128 valence electrons. The smallest absolute Gasteiger partial charge is 0.224 e. The number of nitrogens with one attached hydrogen (secondary N) is 1. The van der Waals surface area contributed by atoms with Gasteiger partial charge in [-0.05, 0) is 66.0 Å². The van der Waals surface area contributed by atoms with E-state index in [1.165, 1.54) is 18.4 Å². The summed E-state index contributed by atoms with van der Waals surface area (Å²) in [6.07, 6.45) is 2.92. The van der Waals surface area contributed by atoms with Gasteiger partial charge in [-0.25, -0.2) is 0 Å². The van der Waals surface area contributed by atoms with Crippen molar-refractivity contribution in [3.05, 3.63) is 52.2 Å². The van der Waals surface area contributed by atoms with E-state index in [9.17, 15) is 4.79 Å². The third-order valence-electron chi connectivity index (χ3n) is 4.52. The van der Waals surface area contributed by atoms with E-state index >= 15 is 0 Å². The largest absolute Gasteiger partial charge is 0.497 e. The Morgan fingerprint density at radius 2 is 2.00 bits per heavy atom. The van der Waals surface area contributed by atoms with Crippen LogP contribution in [-0.2, 0) is 11.2 Å².